The maximum absolute atomic E-state index is 13.5. The van der Waals surface area contributed by atoms with Crippen molar-refractivity contribution < 1.29 is 23.1 Å². The predicted octanol–water partition coefficient (Wildman–Crippen LogP) is 1.84. The molecule has 192 valence electrons. The number of rotatable bonds is 6. The lowest BCUT2D eigenvalue weighted by molar-refractivity contribution is -0.152. The molecule has 1 saturated carbocycles. The molecule has 6 N–H and O–H groups in total. The number of carbonyl (C=O) groups is 1. The number of nitrogens with one attached hydrogen (secondary N) is 1. The Balaban J connectivity index is 1.44. The summed E-state index contributed by atoms with van der Waals surface area (Å²) in [7, 11) is 0. The molecule has 13 heteroatoms. The van der Waals surface area contributed by atoms with E-state index in [0.717, 1.165) is 23.4 Å². The zero-order chi connectivity index (χ0) is 25.8. The number of aliphatic hydroxyl groups excluding tert-OH is 1. The number of hydrogen-bond donors (Lipinski definition) is 4. The molecule has 5 rings (SSSR count). The molecule has 2 aliphatic rings. The molecule has 0 spiro atoms. The predicted molar refractivity (Wildman–Crippen MR) is 124 cm³/mol. The van der Waals surface area contributed by atoms with E-state index in [4.69, 9.17) is 11.5 Å². The fourth-order valence-corrected chi connectivity index (χ4v) is 5.34. The quantitative estimate of drug-likeness (QED) is 0.372. The molecule has 1 amide bonds. The molecule has 10 nitrogen and oxygen atoms in total. The van der Waals surface area contributed by atoms with Crippen molar-refractivity contribution in [1.29, 1.82) is 0 Å². The molecule has 0 saturated heterocycles. The van der Waals surface area contributed by atoms with Crippen LogP contribution >= 0.6 is 0 Å². The molecule has 1 aromatic carbocycles. The fraction of sp³-hybridized carbons (Fsp3) is 0.478. The van der Waals surface area contributed by atoms with Crippen LogP contribution in [0.2, 0.25) is 0 Å². The first-order chi connectivity index (χ1) is 17.0. The lowest BCUT2D eigenvalue weighted by atomic mass is 9.61. The summed E-state index contributed by atoms with van der Waals surface area (Å²) in [6.07, 6.45) is -3.45. The molecule has 3 aromatic rings. The van der Waals surface area contributed by atoms with Crippen molar-refractivity contribution in [3.05, 3.63) is 46.4 Å². The Labute approximate surface area is 204 Å². The van der Waals surface area contributed by atoms with E-state index < -0.39 is 17.2 Å². The standard InChI is InChI=1S/C23H27F3N8O2/c1-12-31-32-21-30-19(29-7-13-2-15(23(24,25)26)4-16(28)3-13)17-8-33(9-18(17)34(12)21)20(36)22(11-27)5-14(6-22)10-35/h2-4,14,35H,5-11,27-28H2,1H3,(H,29,30,32). The minimum atomic E-state index is -4.52. The van der Waals surface area contributed by atoms with Gasteiger partial charge in [-0.05, 0) is 49.4 Å². The molecule has 36 heavy (non-hydrogen) atoms. The van der Waals surface area contributed by atoms with Gasteiger partial charge in [-0.25, -0.2) is 0 Å². The normalized spacial score (nSPS) is 21.5. The van der Waals surface area contributed by atoms with Gasteiger partial charge in [0.25, 0.3) is 5.78 Å². The number of benzene rings is 1. The van der Waals surface area contributed by atoms with E-state index in [-0.39, 0.29) is 43.8 Å². The first kappa shape index (κ1) is 24.3. The maximum Gasteiger partial charge on any atom is 0.416 e. The van der Waals surface area contributed by atoms with Gasteiger partial charge >= 0.3 is 6.18 Å². The van der Waals surface area contributed by atoms with Crippen molar-refractivity contribution in [2.24, 2.45) is 17.1 Å². The van der Waals surface area contributed by atoms with E-state index in [1.165, 1.54) is 6.07 Å². The van der Waals surface area contributed by atoms with Gasteiger partial charge in [0.2, 0.25) is 5.91 Å². The zero-order valence-corrected chi connectivity index (χ0v) is 19.6. The summed E-state index contributed by atoms with van der Waals surface area (Å²) in [6, 6.07) is 3.40. The Bertz CT molecular complexity index is 1330. The summed E-state index contributed by atoms with van der Waals surface area (Å²) in [4.78, 5) is 19.7. The van der Waals surface area contributed by atoms with Gasteiger partial charge in [0, 0.05) is 30.9 Å². The van der Waals surface area contributed by atoms with Crippen LogP contribution in [-0.2, 0) is 30.6 Å². The third-order valence-electron chi connectivity index (χ3n) is 7.16. The van der Waals surface area contributed by atoms with E-state index >= 15 is 0 Å². The lowest BCUT2D eigenvalue weighted by Crippen LogP contribution is -2.54. The number of aryl methyl sites for hydroxylation is 1. The van der Waals surface area contributed by atoms with Crippen LogP contribution in [0.1, 0.15) is 41.1 Å². The fourth-order valence-electron chi connectivity index (χ4n) is 5.34. The number of amides is 1. The molecule has 0 unspecified atom stereocenters. The van der Waals surface area contributed by atoms with Gasteiger partial charge < -0.3 is 26.8 Å². The number of anilines is 2. The summed E-state index contributed by atoms with van der Waals surface area (Å²) >= 11 is 0. The number of nitrogens with zero attached hydrogens (tertiary/aromatic N) is 5. The SMILES string of the molecule is Cc1nnc2nc(NCc3cc(N)cc(C(F)(F)F)c3)c3c(n12)CN(C(=O)C1(CN)CC(CO)C1)C3. The van der Waals surface area contributed by atoms with Crippen molar-refractivity contribution in [3.8, 4) is 0 Å². The first-order valence-corrected chi connectivity index (χ1v) is 11.6. The van der Waals surface area contributed by atoms with Gasteiger partial charge in [-0.1, -0.05) is 0 Å². The number of hydrogen-bond acceptors (Lipinski definition) is 8. The number of nitrogens with two attached hydrogens (primary N) is 2. The largest absolute Gasteiger partial charge is 0.416 e. The smallest absolute Gasteiger partial charge is 0.399 e. The lowest BCUT2D eigenvalue weighted by Gasteiger charge is -2.46. The third kappa shape index (κ3) is 4.01. The Morgan fingerprint density at radius 2 is 2.00 bits per heavy atom. The molecular weight excluding hydrogens is 477 g/mol. The maximum atomic E-state index is 13.5. The molecule has 0 radical (unpaired) electrons. The molecule has 3 heterocycles. The van der Waals surface area contributed by atoms with E-state index in [9.17, 15) is 23.1 Å². The van der Waals surface area contributed by atoms with Crippen LogP contribution in [0.5, 0.6) is 0 Å². The van der Waals surface area contributed by atoms with Crippen molar-refractivity contribution in [1.82, 2.24) is 24.5 Å². The number of aromatic nitrogens is 4. The van der Waals surface area contributed by atoms with Crippen molar-refractivity contribution >= 4 is 23.2 Å². The van der Waals surface area contributed by atoms with Crippen molar-refractivity contribution in [3.63, 3.8) is 0 Å². The molecule has 1 aliphatic carbocycles. The average molecular weight is 505 g/mol. The number of fused-ring (bicyclic) bond motifs is 3. The van der Waals surface area contributed by atoms with Gasteiger partial charge in [0.05, 0.1) is 29.8 Å². The van der Waals surface area contributed by atoms with E-state index in [0.29, 0.717) is 42.4 Å². The van der Waals surface area contributed by atoms with Crippen molar-refractivity contribution in [2.75, 3.05) is 24.2 Å². The van der Waals surface area contributed by atoms with Gasteiger partial charge in [-0.15, -0.1) is 10.2 Å². The molecular formula is C23H27F3N8O2. The Kier molecular flexibility index (Phi) is 5.79. The van der Waals surface area contributed by atoms with Crippen LogP contribution in [0.25, 0.3) is 5.78 Å². The number of alkyl halides is 3. The van der Waals surface area contributed by atoms with Crippen LogP contribution in [0.15, 0.2) is 18.2 Å². The molecule has 0 bridgehead atoms. The van der Waals surface area contributed by atoms with Crippen molar-refractivity contribution in [2.45, 2.75) is 45.6 Å². The Morgan fingerprint density at radius 3 is 2.67 bits per heavy atom. The monoisotopic (exact) mass is 504 g/mol. The first-order valence-electron chi connectivity index (χ1n) is 11.6. The molecule has 2 aromatic heterocycles. The number of carbonyl (C=O) groups excluding carboxylic acids is 1. The highest BCUT2D eigenvalue weighted by molar-refractivity contribution is 5.85. The summed E-state index contributed by atoms with van der Waals surface area (Å²) < 4.78 is 41.5. The van der Waals surface area contributed by atoms with Crippen LogP contribution < -0.4 is 16.8 Å². The number of halogens is 3. The van der Waals surface area contributed by atoms with Gasteiger partial charge in [-0.3, -0.25) is 9.20 Å². The van der Waals surface area contributed by atoms with E-state index in [2.05, 4.69) is 20.5 Å². The second kappa shape index (κ2) is 8.59. The van der Waals surface area contributed by atoms with Gasteiger partial charge in [0.15, 0.2) is 0 Å². The summed E-state index contributed by atoms with van der Waals surface area (Å²) in [6.45, 7) is 2.58. The average Bonchev–Trinajstić information content (AvgIpc) is 3.40. The van der Waals surface area contributed by atoms with Crippen LogP contribution in [-0.4, -0.2) is 48.6 Å². The highest BCUT2D eigenvalue weighted by Gasteiger charge is 2.51. The molecule has 0 atom stereocenters. The minimum Gasteiger partial charge on any atom is -0.399 e. The number of aliphatic hydroxyl groups is 1. The highest BCUT2D eigenvalue weighted by atomic mass is 19.4. The van der Waals surface area contributed by atoms with E-state index in [1.54, 1.807) is 16.2 Å². The van der Waals surface area contributed by atoms with E-state index in [1.807, 2.05) is 0 Å². The second-order valence-corrected chi connectivity index (χ2v) is 9.69. The summed E-state index contributed by atoms with van der Waals surface area (Å²) in [5.41, 5.74) is 12.0. The highest BCUT2D eigenvalue weighted by Crippen LogP contribution is 2.47. The van der Waals surface area contributed by atoms with Gasteiger partial charge in [0.1, 0.15) is 11.6 Å². The van der Waals surface area contributed by atoms with Crippen LogP contribution in [0.3, 0.4) is 0 Å². The zero-order valence-electron chi connectivity index (χ0n) is 19.6. The molecule has 1 aliphatic heterocycles. The second-order valence-electron chi connectivity index (χ2n) is 9.69. The van der Waals surface area contributed by atoms with Gasteiger partial charge in [-0.2, -0.15) is 18.2 Å². The summed E-state index contributed by atoms with van der Waals surface area (Å²) in [5.74, 6) is 1.33. The summed E-state index contributed by atoms with van der Waals surface area (Å²) in [5, 5.41) is 20.7. The van der Waals surface area contributed by atoms with Crippen LogP contribution in [0, 0.1) is 18.3 Å². The third-order valence-corrected chi connectivity index (χ3v) is 7.16. The Hall–Kier alpha value is -3.45. The Morgan fingerprint density at radius 1 is 1.25 bits per heavy atom. The number of nitrogen functional groups attached to an aromatic ring is 1. The topological polar surface area (TPSA) is 148 Å². The molecule has 1 fully saturated rings. The minimum absolute atomic E-state index is 0.00823. The van der Waals surface area contributed by atoms with Crippen LogP contribution in [0.4, 0.5) is 24.7 Å².